The van der Waals surface area contributed by atoms with E-state index in [9.17, 15) is 4.39 Å². The Morgan fingerprint density at radius 1 is 0.318 bits per heavy atom. The van der Waals surface area contributed by atoms with Gasteiger partial charge in [-0.15, -0.1) is 11.3 Å². The summed E-state index contributed by atoms with van der Waals surface area (Å²) in [6, 6.07) is 107. The molecule has 0 saturated heterocycles. The Hall–Kier alpha value is -12.7. The summed E-state index contributed by atoms with van der Waals surface area (Å²) in [5, 5.41) is 18.9. The minimum absolute atomic E-state index is 0.124. The molecule has 0 amide bonds. The number of pyridine rings is 3. The number of rotatable bonds is 0. The van der Waals surface area contributed by atoms with Gasteiger partial charge < -0.3 is 4.42 Å². The molecule has 5 aromatic heterocycles. The molecule has 0 aliphatic heterocycles. The Labute approximate surface area is 663 Å². The highest BCUT2D eigenvalue weighted by Crippen LogP contribution is 2.34. The van der Waals surface area contributed by atoms with Gasteiger partial charge in [0.05, 0.1) is 18.5 Å². The van der Waals surface area contributed by atoms with Crippen molar-refractivity contribution in [1.29, 1.82) is 5.26 Å². The summed E-state index contributed by atoms with van der Waals surface area (Å²) in [7, 11) is 0. The molecule has 18 aromatic rings. The lowest BCUT2D eigenvalue weighted by atomic mass is 10.1. The molecule has 18 rings (SSSR count). The third-order valence-corrected chi connectivity index (χ3v) is 17.6. The molecule has 5 nitrogen and oxygen atoms in total. The highest BCUT2D eigenvalue weighted by atomic mass is 32.1. The predicted molar refractivity (Wildman–Crippen MR) is 472 cm³/mol. The molecule has 0 spiro atoms. The minimum atomic E-state index is -0.337. The first kappa shape index (κ1) is 76.9. The molecule has 0 aliphatic carbocycles. The van der Waals surface area contributed by atoms with Gasteiger partial charge in [0, 0.05) is 67.6 Å². The number of thiophene rings is 1. The van der Waals surface area contributed by atoms with Crippen LogP contribution >= 0.6 is 11.3 Å². The number of fused-ring (bicyclic) bond motifs is 8. The summed E-state index contributed by atoms with van der Waals surface area (Å²) >= 11 is 1.88. The fourth-order valence-corrected chi connectivity index (χ4v) is 11.5. The van der Waals surface area contributed by atoms with Crippen molar-refractivity contribution in [2.45, 2.75) is 90.0 Å². The van der Waals surface area contributed by atoms with E-state index in [1.165, 1.54) is 127 Å². The largest absolute Gasteiger partial charge is 0.456 e. The summed E-state index contributed by atoms with van der Waals surface area (Å²) in [6.07, 6.45) is 8.97. The Morgan fingerprint density at radius 2 is 0.791 bits per heavy atom. The highest BCUT2D eigenvalue weighted by Gasteiger charge is 2.06. The van der Waals surface area contributed by atoms with Crippen LogP contribution in [0.2, 0.25) is 0 Å². The summed E-state index contributed by atoms with van der Waals surface area (Å²) in [4.78, 5) is 11.7. The predicted octanol–water partition coefficient (Wildman–Crippen LogP) is 29.0. The van der Waals surface area contributed by atoms with Gasteiger partial charge >= 0.3 is 0 Å². The number of furan rings is 1. The average Bonchev–Trinajstić information content (AvgIpc) is 1.68. The van der Waals surface area contributed by atoms with Crippen LogP contribution in [0.3, 0.4) is 0 Å². The maximum Gasteiger partial charge on any atom is 0.135 e. The molecule has 0 aliphatic rings. The van der Waals surface area contributed by atoms with Gasteiger partial charge in [0.1, 0.15) is 17.0 Å². The summed E-state index contributed by atoms with van der Waals surface area (Å²) in [5.74, 6) is -0.171. The standard InChI is InChI=1S/C13H10O.C13H10S.2C11H10.C8H7N.C8H10.C7H7F.2C7H8.3C6H7N/c2*1-9-6-7-11-10-4-2-3-5-12(10)14-13(11)8-9;1-9-5-4-7-10-6-2-3-8-11(9)10;1-9-6-7-10-4-2-3-5-11(10)8-9;1-7-2-4-8(6-9)5-3-7;1-7-3-5-8(2)6-4-7;1-6-2-4-7(8)5-3-6;2*1-7-5-3-2-4-6-7;1-6-2-4-7-5-3-6;1-6-3-2-4-7-5-6;1-6-4-2-3-5-7-6/h2*2-8H,1H3;2*2-8H,1H3;2-5H,1H3;3-6H,1-2H3;2-5H,1H3;2*2-6H,1H3;3*2-5H,1H3/i;;;;;;;2D,3D,4D,5D,6D;;;;. The summed E-state index contributed by atoms with van der Waals surface area (Å²) in [5.41, 5.74) is 18.0. The average molecular weight is 1470 g/mol. The number of para-hydroxylation sites is 1. The molecule has 13 aromatic carbocycles. The smallest absolute Gasteiger partial charge is 0.135 e. The van der Waals surface area contributed by atoms with E-state index < -0.39 is 0 Å². The molecular weight excluding hydrogens is 1360 g/mol. The second kappa shape index (κ2) is 47.1. The maximum atomic E-state index is 12.1. The third-order valence-electron chi connectivity index (χ3n) is 16.4. The van der Waals surface area contributed by atoms with Crippen molar-refractivity contribution >= 4 is 75.0 Å². The van der Waals surface area contributed by atoms with E-state index in [0.717, 1.165) is 28.0 Å². The molecule has 110 heavy (non-hydrogen) atoms. The molecule has 5 heterocycles. The van der Waals surface area contributed by atoms with Crippen LogP contribution in [0.1, 0.15) is 84.9 Å². The van der Waals surface area contributed by atoms with E-state index in [-0.39, 0.29) is 36.0 Å². The van der Waals surface area contributed by atoms with Gasteiger partial charge in [-0.05, 0) is 218 Å². The molecule has 0 unspecified atom stereocenters. The fraction of sp³-hybridized carbons (Fsp3) is 0.126. The molecule has 0 N–H and O–H groups in total. The summed E-state index contributed by atoms with van der Waals surface area (Å²) < 4.78 is 56.9. The van der Waals surface area contributed by atoms with Gasteiger partial charge in [0.15, 0.2) is 0 Å². The zero-order chi connectivity index (χ0) is 83.0. The topological polar surface area (TPSA) is 75.6 Å². The lowest BCUT2D eigenvalue weighted by Gasteiger charge is -1.98. The van der Waals surface area contributed by atoms with Crippen LogP contribution in [0.25, 0.3) is 63.7 Å². The van der Waals surface area contributed by atoms with Gasteiger partial charge in [0.25, 0.3) is 0 Å². The van der Waals surface area contributed by atoms with Crippen molar-refractivity contribution in [3.05, 3.63) is 460 Å². The van der Waals surface area contributed by atoms with Crippen molar-refractivity contribution in [3.63, 3.8) is 0 Å². The summed E-state index contributed by atoms with van der Waals surface area (Å²) in [6.45, 7) is 26.2. The lowest BCUT2D eigenvalue weighted by Crippen LogP contribution is -1.75. The molecule has 0 atom stereocenters. The van der Waals surface area contributed by atoms with E-state index in [4.69, 9.17) is 16.5 Å². The molecule has 7 heteroatoms. The molecular formula is C103H101FN4OS. The van der Waals surface area contributed by atoms with Crippen LogP contribution < -0.4 is 0 Å². The molecule has 0 saturated carbocycles. The Morgan fingerprint density at radius 3 is 1.33 bits per heavy atom. The van der Waals surface area contributed by atoms with Crippen LogP contribution in [0.5, 0.6) is 0 Å². The van der Waals surface area contributed by atoms with Crippen molar-refractivity contribution in [2.75, 3.05) is 0 Å². The minimum Gasteiger partial charge on any atom is -0.456 e. The van der Waals surface area contributed by atoms with Gasteiger partial charge in [-0.1, -0.05) is 306 Å². The number of hydrogen-bond acceptors (Lipinski definition) is 6. The normalized spacial score (nSPS) is 10.4. The quantitative estimate of drug-likeness (QED) is 0.151. The van der Waals surface area contributed by atoms with E-state index in [2.05, 4.69) is 258 Å². The number of aryl methyl sites for hydroxylation is 12. The molecule has 0 bridgehead atoms. The monoisotopic (exact) mass is 1470 g/mol. The van der Waals surface area contributed by atoms with Crippen molar-refractivity contribution in [1.82, 2.24) is 15.0 Å². The van der Waals surface area contributed by atoms with Crippen LogP contribution in [-0.4, -0.2) is 15.0 Å². The van der Waals surface area contributed by atoms with Gasteiger partial charge in [-0.3, -0.25) is 15.0 Å². The number of halogens is 1. The van der Waals surface area contributed by atoms with Crippen molar-refractivity contribution in [2.24, 2.45) is 0 Å². The third kappa shape index (κ3) is 31.4. The van der Waals surface area contributed by atoms with Crippen LogP contribution in [0.4, 0.5) is 4.39 Å². The highest BCUT2D eigenvalue weighted by molar-refractivity contribution is 7.25. The van der Waals surface area contributed by atoms with Gasteiger partial charge in [-0.2, -0.15) is 5.26 Å². The van der Waals surface area contributed by atoms with Crippen LogP contribution in [-0.2, 0) is 0 Å². The van der Waals surface area contributed by atoms with E-state index in [1.54, 1.807) is 36.9 Å². The van der Waals surface area contributed by atoms with E-state index in [0.29, 0.717) is 5.56 Å². The fourth-order valence-electron chi connectivity index (χ4n) is 10.3. The Bertz CT molecular complexity index is 5500. The van der Waals surface area contributed by atoms with Crippen molar-refractivity contribution in [3.8, 4) is 6.07 Å². The molecule has 0 radical (unpaired) electrons. The first-order valence-corrected chi connectivity index (χ1v) is 37.2. The lowest BCUT2D eigenvalue weighted by molar-refractivity contribution is 0.627. The first-order valence-electron chi connectivity index (χ1n) is 38.9. The Kier molecular flexibility index (Phi) is 32.9. The van der Waals surface area contributed by atoms with E-state index in [1.807, 2.05) is 155 Å². The molecule has 552 valence electrons. The zero-order valence-corrected chi connectivity index (χ0v) is 66.2. The van der Waals surface area contributed by atoms with Gasteiger partial charge in [0.2, 0.25) is 0 Å². The second-order valence-corrected chi connectivity index (χ2v) is 27.3. The number of hydrogen-bond donors (Lipinski definition) is 0. The number of nitriles is 1. The first-order chi connectivity index (χ1) is 55.4. The van der Waals surface area contributed by atoms with Crippen molar-refractivity contribution < 1.29 is 15.7 Å². The zero-order valence-electron chi connectivity index (χ0n) is 70.4. The van der Waals surface area contributed by atoms with E-state index >= 15 is 0 Å². The number of benzene rings is 13. The van der Waals surface area contributed by atoms with Crippen LogP contribution in [0, 0.1) is 107 Å². The second-order valence-electron chi connectivity index (χ2n) is 26.2. The SMILES string of the molecule is Cc1ccc(C#N)cc1.Cc1ccc(C)cc1.Cc1ccc(F)cc1.Cc1ccc2c(c1)oc1ccccc12.Cc1ccc2c(c1)sc1ccccc12.Cc1ccc2ccccc2c1.Cc1cccc2ccccc12.Cc1ccccc1.Cc1ccccn1.Cc1cccnc1.Cc1ccncc1.[2H]c1c([2H])c([2H])c(C)c([2H])c1[2H]. The van der Waals surface area contributed by atoms with Gasteiger partial charge in [-0.25, -0.2) is 4.39 Å². The maximum absolute atomic E-state index is 12.1. The van der Waals surface area contributed by atoms with Crippen LogP contribution in [0.15, 0.2) is 381 Å². The Balaban J connectivity index is 0.000000175. The number of nitrogens with zero attached hydrogens (tertiary/aromatic N) is 4. The number of aromatic nitrogens is 3. The molecule has 0 fully saturated rings.